The molecule has 9 nitrogen and oxygen atoms in total. The summed E-state index contributed by atoms with van der Waals surface area (Å²) in [6, 6.07) is 13.1. The van der Waals surface area contributed by atoms with E-state index < -0.39 is 6.09 Å². The number of benzene rings is 1. The molecule has 1 aromatic carbocycles. The molecule has 174 valence electrons. The zero-order valence-electron chi connectivity index (χ0n) is 18.9. The summed E-state index contributed by atoms with van der Waals surface area (Å²) in [6.45, 7) is 2.85. The number of carbonyl (C=O) groups is 2. The maximum Gasteiger partial charge on any atom is 0.409 e. The molecule has 0 aliphatic rings. The molecule has 0 unspecified atom stereocenters. The van der Waals surface area contributed by atoms with Gasteiger partial charge in [0.05, 0.1) is 12.3 Å². The topological polar surface area (TPSA) is 112 Å². The second-order valence-electron chi connectivity index (χ2n) is 7.59. The summed E-state index contributed by atoms with van der Waals surface area (Å²) < 4.78 is 5.29. The van der Waals surface area contributed by atoms with Crippen molar-refractivity contribution in [2.45, 2.75) is 19.8 Å². The molecule has 3 rings (SSSR count). The number of para-hydroxylation sites is 1. The van der Waals surface area contributed by atoms with E-state index in [0.717, 1.165) is 22.3 Å². The minimum absolute atomic E-state index is 0.0174. The first-order valence-electron chi connectivity index (χ1n) is 10.8. The van der Waals surface area contributed by atoms with Gasteiger partial charge < -0.3 is 19.6 Å². The summed E-state index contributed by atoms with van der Waals surface area (Å²) in [7, 11) is 1.63. The number of pyridine rings is 1. The first-order chi connectivity index (χ1) is 16.0. The maximum atomic E-state index is 13.2. The first kappa shape index (κ1) is 23.9. The van der Waals surface area contributed by atoms with Crippen LogP contribution in [0.1, 0.15) is 25.5 Å². The molecule has 0 bridgehead atoms. The molecule has 0 aliphatic heterocycles. The number of rotatable bonds is 10. The molecule has 33 heavy (non-hydrogen) atoms. The fourth-order valence-corrected chi connectivity index (χ4v) is 3.35. The first-order valence-corrected chi connectivity index (χ1v) is 10.8. The summed E-state index contributed by atoms with van der Waals surface area (Å²) in [5.74, 6) is -0.184. The summed E-state index contributed by atoms with van der Waals surface area (Å²) in [6.07, 6.45) is 3.77. The maximum absolute atomic E-state index is 13.2. The van der Waals surface area contributed by atoms with Crippen molar-refractivity contribution in [3.8, 4) is 0 Å². The molecule has 0 aliphatic carbocycles. The zero-order valence-corrected chi connectivity index (χ0v) is 18.9. The summed E-state index contributed by atoms with van der Waals surface area (Å²) >= 11 is 0. The number of nitrogens with one attached hydrogen (secondary N) is 1. The van der Waals surface area contributed by atoms with E-state index in [0.29, 0.717) is 31.6 Å². The third kappa shape index (κ3) is 6.39. The largest absolute Gasteiger partial charge is 0.449 e. The fraction of sp³-hybridized carbons (Fsp3) is 0.333. The molecule has 2 N–H and O–H groups in total. The summed E-state index contributed by atoms with van der Waals surface area (Å²) in [5, 5.41) is 16.9. The predicted octanol–water partition coefficient (Wildman–Crippen LogP) is 3.24. The van der Waals surface area contributed by atoms with Crippen LogP contribution in [-0.4, -0.2) is 70.5 Å². The lowest BCUT2D eigenvalue weighted by Crippen LogP contribution is -2.32. The highest BCUT2D eigenvalue weighted by molar-refractivity contribution is 6.06. The van der Waals surface area contributed by atoms with Crippen LogP contribution in [0.2, 0.25) is 0 Å². The monoisotopic (exact) mass is 451 g/mol. The number of ether oxygens (including phenoxy) is 1. The van der Waals surface area contributed by atoms with E-state index in [1.807, 2.05) is 49.4 Å². The number of nitrogens with zero attached hydrogens (tertiary/aromatic N) is 4. The summed E-state index contributed by atoms with van der Waals surface area (Å²) in [4.78, 5) is 32.5. The number of fused-ring (bicyclic) bond motifs is 1. The number of aromatic amines is 1. The van der Waals surface area contributed by atoms with Crippen LogP contribution in [0.25, 0.3) is 16.6 Å². The standard InChI is InChI=1S/C24H29N5O4/c1-18(22-20-11-6-12-25-23(20)27-26-22)17-21(31)29(19-9-4-3-5-10-19)14-8-16-33-24(32)28(2)13-7-15-30/h3-6,9-12,17,30H,7-8,13-16H2,1-2H3,(H,25,26,27)/b18-17+. The molecule has 0 saturated heterocycles. The van der Waals surface area contributed by atoms with Gasteiger partial charge in [-0.2, -0.15) is 5.10 Å². The van der Waals surface area contributed by atoms with Crippen molar-refractivity contribution in [2.75, 3.05) is 38.3 Å². The van der Waals surface area contributed by atoms with E-state index in [-0.39, 0.29) is 19.1 Å². The lowest BCUT2D eigenvalue weighted by atomic mass is 10.1. The minimum Gasteiger partial charge on any atom is -0.449 e. The van der Waals surface area contributed by atoms with Crippen LogP contribution in [-0.2, 0) is 9.53 Å². The number of carbonyl (C=O) groups excluding carboxylic acids is 2. The number of aliphatic hydroxyl groups excluding tert-OH is 1. The lowest BCUT2D eigenvalue weighted by molar-refractivity contribution is -0.114. The molecule has 3 aromatic rings. The van der Waals surface area contributed by atoms with Gasteiger partial charge in [0.2, 0.25) is 0 Å². The van der Waals surface area contributed by atoms with Gasteiger partial charge in [-0.25, -0.2) is 9.78 Å². The van der Waals surface area contributed by atoms with Crippen LogP contribution in [0.15, 0.2) is 54.7 Å². The molecule has 2 aromatic heterocycles. The van der Waals surface area contributed by atoms with Gasteiger partial charge in [-0.15, -0.1) is 0 Å². The zero-order chi connectivity index (χ0) is 23.6. The van der Waals surface area contributed by atoms with Crippen molar-refractivity contribution < 1.29 is 19.4 Å². The van der Waals surface area contributed by atoms with E-state index in [4.69, 9.17) is 9.84 Å². The van der Waals surface area contributed by atoms with E-state index in [2.05, 4.69) is 15.2 Å². The smallest absolute Gasteiger partial charge is 0.409 e. The van der Waals surface area contributed by atoms with Crippen LogP contribution < -0.4 is 4.90 Å². The van der Waals surface area contributed by atoms with Gasteiger partial charge in [0, 0.05) is 50.1 Å². The van der Waals surface area contributed by atoms with Crippen LogP contribution in [0.5, 0.6) is 0 Å². The highest BCUT2D eigenvalue weighted by atomic mass is 16.6. The van der Waals surface area contributed by atoms with Gasteiger partial charge in [0.1, 0.15) is 0 Å². The van der Waals surface area contributed by atoms with E-state index >= 15 is 0 Å². The fourth-order valence-electron chi connectivity index (χ4n) is 3.35. The van der Waals surface area contributed by atoms with E-state index in [1.165, 1.54) is 4.90 Å². The Morgan fingerprint density at radius 2 is 1.91 bits per heavy atom. The van der Waals surface area contributed by atoms with Crippen molar-refractivity contribution in [2.24, 2.45) is 0 Å². The number of amides is 2. The number of allylic oxidation sites excluding steroid dienone is 1. The number of anilines is 1. The Balaban J connectivity index is 1.67. The molecule has 2 amide bonds. The molecule has 0 atom stereocenters. The Morgan fingerprint density at radius 1 is 1.12 bits per heavy atom. The highest BCUT2D eigenvalue weighted by Gasteiger charge is 2.16. The minimum atomic E-state index is -0.448. The van der Waals surface area contributed by atoms with Crippen molar-refractivity contribution in [1.29, 1.82) is 0 Å². The number of aromatic nitrogens is 3. The molecule has 2 heterocycles. The third-order valence-corrected chi connectivity index (χ3v) is 5.11. The molecule has 9 heteroatoms. The van der Waals surface area contributed by atoms with Crippen LogP contribution in [0, 0.1) is 0 Å². The average molecular weight is 452 g/mol. The lowest BCUT2D eigenvalue weighted by Gasteiger charge is -2.22. The Labute approximate surface area is 192 Å². The van der Waals surface area contributed by atoms with Crippen molar-refractivity contribution in [1.82, 2.24) is 20.1 Å². The van der Waals surface area contributed by atoms with E-state index in [1.54, 1.807) is 24.2 Å². The van der Waals surface area contributed by atoms with Crippen LogP contribution >= 0.6 is 0 Å². The summed E-state index contributed by atoms with van der Waals surface area (Å²) in [5.41, 5.74) is 2.85. The quantitative estimate of drug-likeness (QED) is 0.362. The average Bonchev–Trinajstić information content (AvgIpc) is 3.27. The SMILES string of the molecule is C/C(=C\C(=O)N(CCCOC(=O)N(C)CCCO)c1ccccc1)c1[nH]nc2ncccc12. The Bertz CT molecular complexity index is 1100. The number of hydrogen-bond donors (Lipinski definition) is 2. The third-order valence-electron chi connectivity index (χ3n) is 5.11. The number of hydrogen-bond acceptors (Lipinski definition) is 6. The van der Waals surface area contributed by atoms with Gasteiger partial charge in [0.25, 0.3) is 5.91 Å². The van der Waals surface area contributed by atoms with E-state index in [9.17, 15) is 9.59 Å². The van der Waals surface area contributed by atoms with Gasteiger partial charge in [0.15, 0.2) is 5.65 Å². The van der Waals surface area contributed by atoms with Crippen molar-refractivity contribution in [3.05, 3.63) is 60.4 Å². The molecular weight excluding hydrogens is 422 g/mol. The number of aliphatic hydroxyl groups is 1. The molecule has 0 saturated carbocycles. The molecule has 0 fully saturated rings. The van der Waals surface area contributed by atoms with Gasteiger partial charge >= 0.3 is 6.09 Å². The van der Waals surface area contributed by atoms with Crippen molar-refractivity contribution >= 4 is 34.3 Å². The van der Waals surface area contributed by atoms with Crippen LogP contribution in [0.4, 0.5) is 10.5 Å². The second kappa shape index (κ2) is 11.8. The van der Waals surface area contributed by atoms with Crippen LogP contribution in [0.3, 0.4) is 0 Å². The normalized spacial score (nSPS) is 11.4. The van der Waals surface area contributed by atoms with Gasteiger partial charge in [-0.3, -0.25) is 9.89 Å². The second-order valence-corrected chi connectivity index (χ2v) is 7.59. The molecule has 0 spiro atoms. The molecular formula is C24H29N5O4. The van der Waals surface area contributed by atoms with Gasteiger partial charge in [-0.05, 0) is 49.6 Å². The Morgan fingerprint density at radius 3 is 2.67 bits per heavy atom. The Kier molecular flexibility index (Phi) is 8.54. The van der Waals surface area contributed by atoms with Crippen molar-refractivity contribution in [3.63, 3.8) is 0 Å². The van der Waals surface area contributed by atoms with Gasteiger partial charge in [-0.1, -0.05) is 18.2 Å². The highest BCUT2D eigenvalue weighted by Crippen LogP contribution is 2.22. The number of H-pyrrole nitrogens is 1. The molecule has 0 radical (unpaired) electrons. The Hall–Kier alpha value is -3.72. The predicted molar refractivity (Wildman–Crippen MR) is 127 cm³/mol.